The molecule has 0 aliphatic carbocycles. The van der Waals surface area contributed by atoms with Crippen molar-refractivity contribution >= 4 is 11.8 Å². The number of nitrogens with one attached hydrogen (secondary N) is 1. The third kappa shape index (κ3) is 8.05. The molecule has 2 amide bonds. The first kappa shape index (κ1) is 36.0. The van der Waals surface area contributed by atoms with Crippen molar-refractivity contribution in [2.75, 3.05) is 26.2 Å². The highest BCUT2D eigenvalue weighted by Gasteiger charge is 2.47. The molecule has 3 aromatic rings. The molecule has 6 rings (SSSR count). The van der Waals surface area contributed by atoms with Gasteiger partial charge in [-0.2, -0.15) is 13.2 Å². The van der Waals surface area contributed by atoms with E-state index in [0.29, 0.717) is 17.9 Å². The average molecular weight is 696 g/mol. The zero-order valence-corrected chi connectivity index (χ0v) is 28.0. The number of alkyl halides is 3. The number of rotatable bonds is 10. The normalized spacial score (nSPS) is 25.9. The molecule has 0 saturated carbocycles. The summed E-state index contributed by atoms with van der Waals surface area (Å²) in [7, 11) is 0. The lowest BCUT2D eigenvalue weighted by atomic mass is 9.89. The van der Waals surface area contributed by atoms with Crippen LogP contribution >= 0.6 is 0 Å². The fourth-order valence-electron chi connectivity index (χ4n) is 7.38. The zero-order valence-electron chi connectivity index (χ0n) is 28.0. The van der Waals surface area contributed by atoms with E-state index < -0.39 is 30.3 Å². The number of amides is 2. The van der Waals surface area contributed by atoms with Gasteiger partial charge >= 0.3 is 12.1 Å². The topological polar surface area (TPSA) is 112 Å². The minimum atomic E-state index is -5.03. The van der Waals surface area contributed by atoms with Crippen LogP contribution in [-0.4, -0.2) is 82.4 Å². The van der Waals surface area contributed by atoms with Crippen LogP contribution in [0.15, 0.2) is 72.8 Å². The first-order valence-electron chi connectivity index (χ1n) is 17.3. The van der Waals surface area contributed by atoms with Gasteiger partial charge in [-0.25, -0.2) is 0 Å². The Morgan fingerprint density at radius 1 is 0.880 bits per heavy atom. The number of aliphatic hydroxyl groups excluding tert-OH is 2. The van der Waals surface area contributed by atoms with Gasteiger partial charge in [0.2, 0.25) is 5.91 Å². The van der Waals surface area contributed by atoms with E-state index in [1.165, 1.54) is 0 Å². The standard InChI is InChI=1S/C38H44F3N3O6/c1-24-33(21-43-16-4-10-31(43)23-46)49-36(50-34(24)27-14-12-25(22-45)13-15-27)30-9-3-8-29(19-30)28-7-2-6-26(18-28)20-42-35(47)32-11-5-17-44(32)37(48)38(39,40)41/h2-3,6-9,12-15,18-19,24,31-34,36,45-46H,4-5,10-11,16-17,20-23H2,1H3,(H,42,47)/t24-,31-,32-,33+,34+,36+/m0/s1. The molecule has 3 N–H and O–H groups in total. The summed E-state index contributed by atoms with van der Waals surface area (Å²) < 4.78 is 52.5. The quantitative estimate of drug-likeness (QED) is 0.265. The van der Waals surface area contributed by atoms with Crippen LogP contribution in [0.5, 0.6) is 0 Å². The molecule has 3 heterocycles. The number of hydrogen-bond donors (Lipinski definition) is 3. The summed E-state index contributed by atoms with van der Waals surface area (Å²) in [5.74, 6) is -2.59. The third-order valence-corrected chi connectivity index (χ3v) is 10.2. The number of nitrogens with zero attached hydrogens (tertiary/aromatic N) is 2. The number of ether oxygens (including phenoxy) is 2. The van der Waals surface area contributed by atoms with Crippen molar-refractivity contribution in [2.45, 2.75) is 82.5 Å². The summed E-state index contributed by atoms with van der Waals surface area (Å²) in [6, 6.07) is 22.1. The predicted molar refractivity (Wildman–Crippen MR) is 179 cm³/mol. The third-order valence-electron chi connectivity index (χ3n) is 10.2. The number of aliphatic hydroxyl groups is 2. The summed E-state index contributed by atoms with van der Waals surface area (Å²) in [6.45, 7) is 3.73. The van der Waals surface area contributed by atoms with Crippen LogP contribution in [0.2, 0.25) is 0 Å². The summed E-state index contributed by atoms with van der Waals surface area (Å²) in [6.07, 6.45) is -3.67. The van der Waals surface area contributed by atoms with Crippen LogP contribution in [-0.2, 0) is 32.2 Å². The predicted octanol–water partition coefficient (Wildman–Crippen LogP) is 5.26. The fourth-order valence-corrected chi connectivity index (χ4v) is 7.38. The lowest BCUT2D eigenvalue weighted by Crippen LogP contribution is -2.50. The molecule has 3 aliphatic heterocycles. The Hall–Kier alpha value is -3.81. The molecule has 3 saturated heterocycles. The van der Waals surface area contributed by atoms with Crippen LogP contribution < -0.4 is 5.32 Å². The molecule has 50 heavy (non-hydrogen) atoms. The molecule has 12 heteroatoms. The number of carbonyl (C=O) groups is 2. The Labute approximate surface area is 290 Å². The molecular formula is C38H44F3N3O6. The van der Waals surface area contributed by atoms with Gasteiger partial charge in [-0.3, -0.25) is 14.5 Å². The molecule has 0 unspecified atom stereocenters. The Bertz CT molecular complexity index is 1640. The van der Waals surface area contributed by atoms with E-state index in [0.717, 1.165) is 52.8 Å². The molecule has 0 bridgehead atoms. The monoisotopic (exact) mass is 695 g/mol. The van der Waals surface area contributed by atoms with Gasteiger partial charge in [-0.15, -0.1) is 0 Å². The number of halogens is 3. The van der Waals surface area contributed by atoms with E-state index >= 15 is 0 Å². The maximum Gasteiger partial charge on any atom is 0.471 e. The van der Waals surface area contributed by atoms with Crippen molar-refractivity contribution in [3.05, 3.63) is 95.1 Å². The van der Waals surface area contributed by atoms with Gasteiger partial charge in [-0.05, 0) is 72.2 Å². The molecule has 3 aliphatic rings. The number of likely N-dealkylation sites (tertiary alicyclic amines) is 2. The average Bonchev–Trinajstić information content (AvgIpc) is 3.81. The number of hydrogen-bond acceptors (Lipinski definition) is 7. The second-order valence-electron chi connectivity index (χ2n) is 13.5. The van der Waals surface area contributed by atoms with E-state index in [2.05, 4.69) is 17.1 Å². The number of carbonyl (C=O) groups excluding carboxylic acids is 2. The summed E-state index contributed by atoms with van der Waals surface area (Å²) in [4.78, 5) is 27.6. The Morgan fingerprint density at radius 2 is 1.60 bits per heavy atom. The summed E-state index contributed by atoms with van der Waals surface area (Å²) >= 11 is 0. The van der Waals surface area contributed by atoms with Gasteiger partial charge in [0.1, 0.15) is 6.04 Å². The minimum absolute atomic E-state index is 0.00383. The van der Waals surface area contributed by atoms with Gasteiger partial charge in [0.05, 0.1) is 25.4 Å². The van der Waals surface area contributed by atoms with Crippen LogP contribution in [0.25, 0.3) is 11.1 Å². The molecule has 0 radical (unpaired) electrons. The smallest absolute Gasteiger partial charge is 0.395 e. The molecule has 0 aromatic heterocycles. The van der Waals surface area contributed by atoms with Crippen molar-refractivity contribution in [1.82, 2.24) is 15.1 Å². The highest BCUT2D eigenvalue weighted by Crippen LogP contribution is 2.43. The van der Waals surface area contributed by atoms with Crippen molar-refractivity contribution in [1.29, 1.82) is 0 Å². The zero-order chi connectivity index (χ0) is 35.4. The molecule has 268 valence electrons. The van der Waals surface area contributed by atoms with E-state index in [4.69, 9.17) is 9.47 Å². The van der Waals surface area contributed by atoms with Crippen molar-refractivity contribution in [3.63, 3.8) is 0 Å². The molecule has 9 nitrogen and oxygen atoms in total. The molecule has 0 spiro atoms. The first-order chi connectivity index (χ1) is 24.0. The van der Waals surface area contributed by atoms with Gasteiger partial charge in [0, 0.05) is 37.2 Å². The highest BCUT2D eigenvalue weighted by atomic mass is 19.4. The first-order valence-corrected chi connectivity index (χ1v) is 17.3. The van der Waals surface area contributed by atoms with E-state index in [1.807, 2.05) is 72.8 Å². The van der Waals surface area contributed by atoms with E-state index in [1.54, 1.807) is 0 Å². The Balaban J connectivity index is 1.19. The van der Waals surface area contributed by atoms with Crippen molar-refractivity contribution in [3.8, 4) is 11.1 Å². The molecular weight excluding hydrogens is 651 g/mol. The maximum absolute atomic E-state index is 13.1. The highest BCUT2D eigenvalue weighted by molar-refractivity contribution is 5.90. The summed E-state index contributed by atoms with van der Waals surface area (Å²) in [5, 5.41) is 22.3. The SMILES string of the molecule is C[C@H]1[C@@H](CN2CCC[C@H]2CO)O[C@@H](c2cccc(-c3cccc(CNC(=O)[C@@H]4CCCN4C(=O)C(F)(F)F)c3)c2)O[C@H]1c1ccc(CO)cc1. The molecule has 3 fully saturated rings. The second kappa shape index (κ2) is 15.6. The van der Waals surface area contributed by atoms with Crippen LogP contribution in [0.4, 0.5) is 13.2 Å². The van der Waals surface area contributed by atoms with Gasteiger partial charge in [0.15, 0.2) is 6.29 Å². The van der Waals surface area contributed by atoms with Gasteiger partial charge < -0.3 is 29.9 Å². The second-order valence-corrected chi connectivity index (χ2v) is 13.5. The van der Waals surface area contributed by atoms with Crippen LogP contribution in [0.3, 0.4) is 0 Å². The number of benzene rings is 3. The molecule has 3 aromatic carbocycles. The van der Waals surface area contributed by atoms with Crippen LogP contribution in [0, 0.1) is 5.92 Å². The Morgan fingerprint density at radius 3 is 2.32 bits per heavy atom. The largest absolute Gasteiger partial charge is 0.471 e. The Kier molecular flexibility index (Phi) is 11.2. The lowest BCUT2D eigenvalue weighted by Gasteiger charge is -2.43. The van der Waals surface area contributed by atoms with Crippen molar-refractivity contribution < 1.29 is 42.4 Å². The maximum atomic E-state index is 13.1. The van der Waals surface area contributed by atoms with E-state index in [-0.39, 0.29) is 56.9 Å². The fraction of sp³-hybridized carbons (Fsp3) is 0.474. The molecule has 6 atom stereocenters. The van der Waals surface area contributed by atoms with Gasteiger partial charge in [0.25, 0.3) is 0 Å². The van der Waals surface area contributed by atoms with Gasteiger partial charge in [-0.1, -0.05) is 67.6 Å². The van der Waals surface area contributed by atoms with Crippen LogP contribution in [0.1, 0.15) is 67.3 Å². The van der Waals surface area contributed by atoms with Crippen molar-refractivity contribution in [2.24, 2.45) is 5.92 Å². The lowest BCUT2D eigenvalue weighted by molar-refractivity contribution is -0.276. The van der Waals surface area contributed by atoms with E-state index in [9.17, 15) is 33.0 Å². The summed E-state index contributed by atoms with van der Waals surface area (Å²) in [5.41, 5.74) is 5.14. The minimum Gasteiger partial charge on any atom is -0.395 e.